The van der Waals surface area contributed by atoms with E-state index < -0.39 is 12.1 Å². The third-order valence-electron chi connectivity index (χ3n) is 8.92. The van der Waals surface area contributed by atoms with Gasteiger partial charge in [-0.3, -0.25) is 4.79 Å². The highest BCUT2D eigenvalue weighted by Gasteiger charge is 2.38. The van der Waals surface area contributed by atoms with Crippen LogP contribution in [-0.4, -0.2) is 74.2 Å². The normalized spacial score (nSPS) is 14.4. The van der Waals surface area contributed by atoms with Crippen molar-refractivity contribution in [2.45, 2.75) is 45.5 Å². The van der Waals surface area contributed by atoms with Crippen LogP contribution in [0.2, 0.25) is 0 Å². The van der Waals surface area contributed by atoms with Gasteiger partial charge in [0.1, 0.15) is 0 Å². The zero-order chi connectivity index (χ0) is 33.0. The first-order chi connectivity index (χ1) is 21.8. The van der Waals surface area contributed by atoms with E-state index in [0.29, 0.717) is 0 Å². The summed E-state index contributed by atoms with van der Waals surface area (Å²) in [6.07, 6.45) is 0. The Balaban J connectivity index is 1.44. The molecule has 2 unspecified atom stereocenters. The molecule has 0 spiro atoms. The van der Waals surface area contributed by atoms with Gasteiger partial charge < -0.3 is 29.4 Å². The Morgan fingerprint density at radius 2 is 0.717 bits per heavy atom. The van der Waals surface area contributed by atoms with Gasteiger partial charge in [-0.2, -0.15) is 0 Å². The molecule has 0 saturated heterocycles. The van der Waals surface area contributed by atoms with Crippen LogP contribution in [0.15, 0.2) is 92.4 Å². The number of ketones is 1. The third-order valence-corrected chi connectivity index (χ3v) is 11.1. The fourth-order valence-corrected chi connectivity index (χ4v) is 8.46. The number of carbonyl (C=O) groups is 1. The second-order valence-electron chi connectivity index (χ2n) is 12.9. The second-order valence-corrected chi connectivity index (χ2v) is 15.1. The van der Waals surface area contributed by atoms with Crippen molar-refractivity contribution >= 4 is 74.8 Å². The van der Waals surface area contributed by atoms with Crippen LogP contribution in [0.25, 0.3) is 0 Å². The molecule has 2 aliphatic rings. The Morgan fingerprint density at radius 3 is 0.935 bits per heavy atom. The van der Waals surface area contributed by atoms with E-state index in [1.54, 1.807) is 23.5 Å². The Bertz CT molecular complexity index is 1560. The van der Waals surface area contributed by atoms with Gasteiger partial charge in [-0.05, 0) is 86.6 Å². The predicted molar refractivity (Wildman–Crippen MR) is 200 cm³/mol. The number of rotatable bonds is 8. The maximum atomic E-state index is 14.9. The van der Waals surface area contributed by atoms with Gasteiger partial charge >= 0.3 is 0 Å². The maximum Gasteiger partial charge on any atom is 0.177 e. The van der Waals surface area contributed by atoms with Crippen molar-refractivity contribution in [2.24, 2.45) is 0 Å². The molecule has 240 valence electrons. The molecule has 0 bridgehead atoms. The van der Waals surface area contributed by atoms with Crippen molar-refractivity contribution in [3.8, 4) is 0 Å². The molecule has 0 aliphatic carbocycles. The molecule has 0 saturated carbocycles. The molecule has 6 rings (SSSR count). The minimum absolute atomic E-state index is 0.161. The number of carbonyl (C=O) groups excluding carboxylic acids is 1. The summed E-state index contributed by atoms with van der Waals surface area (Å²) in [6.45, 7) is 4.12. The minimum atomic E-state index is -0.410. The topological polar surface area (TPSA) is 36.5 Å². The SMILES string of the molecule is CC(C(=O)C(C)N1c2ccc(N(C)C)cc2Sc2cc(N(C)C)ccc21)N1c2ccc(N(C)C)cc2Sc2cc(N(C)C)ccc21. The van der Waals surface area contributed by atoms with Gasteiger partial charge in [0, 0.05) is 98.7 Å². The molecule has 4 aromatic rings. The van der Waals surface area contributed by atoms with E-state index in [2.05, 4.69) is 172 Å². The second kappa shape index (κ2) is 12.3. The number of hydrogen-bond donors (Lipinski definition) is 0. The Morgan fingerprint density at radius 1 is 0.478 bits per heavy atom. The molecule has 4 aromatic carbocycles. The molecule has 0 aromatic heterocycles. The summed E-state index contributed by atoms with van der Waals surface area (Å²) in [7, 11) is 16.5. The summed E-state index contributed by atoms with van der Waals surface area (Å²) in [6, 6.07) is 25.4. The summed E-state index contributed by atoms with van der Waals surface area (Å²) in [5, 5.41) is 0. The molecule has 46 heavy (non-hydrogen) atoms. The summed E-state index contributed by atoms with van der Waals surface area (Å²) >= 11 is 3.55. The van der Waals surface area contributed by atoms with Crippen molar-refractivity contribution in [2.75, 3.05) is 85.8 Å². The number of anilines is 8. The van der Waals surface area contributed by atoms with Crippen LogP contribution in [0, 0.1) is 0 Å². The third kappa shape index (κ3) is 5.64. The zero-order valence-corrected chi connectivity index (χ0v) is 30.1. The van der Waals surface area contributed by atoms with Crippen LogP contribution < -0.4 is 29.4 Å². The molecule has 7 nitrogen and oxygen atoms in total. The van der Waals surface area contributed by atoms with Crippen molar-refractivity contribution < 1.29 is 4.79 Å². The molecule has 2 heterocycles. The molecule has 2 aliphatic heterocycles. The van der Waals surface area contributed by atoms with Gasteiger partial charge in [-0.15, -0.1) is 0 Å². The standard InChI is InChI=1S/C37H44N6OS2/c1-23(42-29-15-11-25(38(3)4)19-33(29)45-34-20-26(39(5)6)12-16-30(34)42)37(44)24(2)43-31-17-13-27(40(7)8)21-35(31)46-36-22-28(41(9)10)14-18-32(36)43/h11-24H,1-10H3. The molecule has 9 heteroatoms. The van der Waals surface area contributed by atoms with Crippen LogP contribution >= 0.6 is 23.5 Å². The van der Waals surface area contributed by atoms with E-state index in [0.717, 1.165) is 65.1 Å². The van der Waals surface area contributed by atoms with E-state index >= 15 is 0 Å². The van der Waals surface area contributed by atoms with Crippen molar-refractivity contribution in [3.05, 3.63) is 72.8 Å². The lowest BCUT2D eigenvalue weighted by molar-refractivity contribution is -0.120. The first-order valence-electron chi connectivity index (χ1n) is 15.6. The quantitative estimate of drug-likeness (QED) is 0.187. The minimum Gasteiger partial charge on any atom is -0.378 e. The van der Waals surface area contributed by atoms with E-state index in [4.69, 9.17) is 0 Å². The van der Waals surface area contributed by atoms with Crippen LogP contribution in [0.1, 0.15) is 13.8 Å². The number of hydrogen-bond acceptors (Lipinski definition) is 9. The first-order valence-corrected chi connectivity index (χ1v) is 17.2. The smallest absolute Gasteiger partial charge is 0.177 e. The average molecular weight is 653 g/mol. The van der Waals surface area contributed by atoms with Crippen LogP contribution in [0.3, 0.4) is 0 Å². The fourth-order valence-electron chi connectivity index (χ4n) is 6.18. The van der Waals surface area contributed by atoms with Crippen LogP contribution in [0.4, 0.5) is 45.5 Å². The molecule has 0 fully saturated rings. The van der Waals surface area contributed by atoms with Crippen LogP contribution in [0.5, 0.6) is 0 Å². The molecular weight excluding hydrogens is 609 g/mol. The first kappa shape index (κ1) is 32.0. The van der Waals surface area contributed by atoms with Crippen molar-refractivity contribution in [3.63, 3.8) is 0 Å². The average Bonchev–Trinajstić information content (AvgIpc) is 3.03. The molecule has 0 amide bonds. The van der Waals surface area contributed by atoms with Crippen molar-refractivity contribution in [1.29, 1.82) is 0 Å². The monoisotopic (exact) mass is 652 g/mol. The molecule has 0 radical (unpaired) electrons. The summed E-state index contributed by atoms with van der Waals surface area (Å²) < 4.78 is 0. The van der Waals surface area contributed by atoms with E-state index in [9.17, 15) is 4.79 Å². The van der Waals surface area contributed by atoms with E-state index in [1.165, 1.54) is 0 Å². The lowest BCUT2D eigenvalue weighted by Gasteiger charge is -2.41. The Kier molecular flexibility index (Phi) is 8.59. The van der Waals surface area contributed by atoms with Gasteiger partial charge in [0.25, 0.3) is 0 Å². The highest BCUT2D eigenvalue weighted by molar-refractivity contribution is 8.00. The van der Waals surface area contributed by atoms with Gasteiger partial charge in [0.05, 0.1) is 34.8 Å². The number of benzene rings is 4. The van der Waals surface area contributed by atoms with E-state index in [-0.39, 0.29) is 5.78 Å². The van der Waals surface area contributed by atoms with Gasteiger partial charge in [0.15, 0.2) is 5.78 Å². The number of Topliss-reactive ketones (excluding diaryl/α,β-unsaturated/α-hetero) is 1. The Hall–Kier alpha value is -3.95. The highest BCUT2D eigenvalue weighted by atomic mass is 32.2. The van der Waals surface area contributed by atoms with Gasteiger partial charge in [0.2, 0.25) is 0 Å². The zero-order valence-electron chi connectivity index (χ0n) is 28.5. The van der Waals surface area contributed by atoms with Crippen LogP contribution in [-0.2, 0) is 4.79 Å². The number of fused-ring (bicyclic) bond motifs is 4. The summed E-state index contributed by atoms with van der Waals surface area (Å²) in [5.74, 6) is 0.161. The summed E-state index contributed by atoms with van der Waals surface area (Å²) in [5.41, 5.74) is 8.81. The van der Waals surface area contributed by atoms with E-state index in [1.807, 2.05) is 0 Å². The number of nitrogens with zero attached hydrogens (tertiary/aromatic N) is 6. The Labute approximate surface area is 282 Å². The van der Waals surface area contributed by atoms with Gasteiger partial charge in [-0.1, -0.05) is 23.5 Å². The molecule has 2 atom stereocenters. The molecular formula is C37H44N6OS2. The lowest BCUT2D eigenvalue weighted by atomic mass is 10.0. The lowest BCUT2D eigenvalue weighted by Crippen LogP contribution is -2.47. The predicted octanol–water partition coefficient (Wildman–Crippen LogP) is 8.20. The molecule has 0 N–H and O–H groups in total. The fraction of sp³-hybridized carbons (Fsp3) is 0.324. The van der Waals surface area contributed by atoms with Gasteiger partial charge in [-0.25, -0.2) is 0 Å². The maximum absolute atomic E-state index is 14.9. The highest BCUT2D eigenvalue weighted by Crippen LogP contribution is 2.53. The van der Waals surface area contributed by atoms with Crippen molar-refractivity contribution in [1.82, 2.24) is 0 Å². The summed E-state index contributed by atoms with van der Waals surface area (Å²) in [4.78, 5) is 32.5. The largest absolute Gasteiger partial charge is 0.378 e.